The summed E-state index contributed by atoms with van der Waals surface area (Å²) in [5, 5.41) is 3.47. The van der Waals surface area contributed by atoms with E-state index in [0.29, 0.717) is 11.2 Å². The highest BCUT2D eigenvalue weighted by Gasteiger charge is 2.55. The third kappa shape index (κ3) is 1.82. The van der Waals surface area contributed by atoms with Crippen molar-refractivity contribution in [2.75, 3.05) is 11.9 Å². The zero-order valence-electron chi connectivity index (χ0n) is 12.3. The Balaban J connectivity index is 1.46. The van der Waals surface area contributed by atoms with Crippen LogP contribution < -0.4 is 10.1 Å². The normalized spacial score (nSPS) is 43.1. The van der Waals surface area contributed by atoms with Gasteiger partial charge in [-0.15, -0.1) is 0 Å². The van der Waals surface area contributed by atoms with Gasteiger partial charge in [-0.05, 0) is 68.4 Å². The number of anilines is 1. The molecule has 112 valence electrons. The molecule has 6 rings (SSSR count). The van der Waals surface area contributed by atoms with Crippen molar-refractivity contribution < 1.29 is 9.13 Å². The summed E-state index contributed by atoms with van der Waals surface area (Å²) in [6, 6.07) is 4.83. The Bertz CT molecular complexity index is 549. The van der Waals surface area contributed by atoms with E-state index in [-0.39, 0.29) is 11.9 Å². The zero-order valence-corrected chi connectivity index (χ0v) is 12.3. The molecule has 1 N–H and O–H groups in total. The van der Waals surface area contributed by atoms with Crippen LogP contribution in [0.2, 0.25) is 0 Å². The molecule has 4 bridgehead atoms. The van der Waals surface area contributed by atoms with E-state index in [2.05, 4.69) is 5.32 Å². The number of hydrogen-bond acceptors (Lipinski definition) is 2. The summed E-state index contributed by atoms with van der Waals surface area (Å²) in [7, 11) is 0. The lowest BCUT2D eigenvalue weighted by Crippen LogP contribution is -2.56. The molecular formula is C18H22FNO. The van der Waals surface area contributed by atoms with Gasteiger partial charge in [0.2, 0.25) is 0 Å². The quantitative estimate of drug-likeness (QED) is 0.835. The van der Waals surface area contributed by atoms with E-state index in [9.17, 15) is 4.39 Å². The highest BCUT2D eigenvalue weighted by molar-refractivity contribution is 5.58. The number of fused-ring (bicyclic) bond motifs is 1. The molecule has 21 heavy (non-hydrogen) atoms. The summed E-state index contributed by atoms with van der Waals surface area (Å²) in [5.41, 5.74) is 1.29. The van der Waals surface area contributed by atoms with Crippen molar-refractivity contribution in [3.05, 3.63) is 24.0 Å². The van der Waals surface area contributed by atoms with Crippen molar-refractivity contribution >= 4 is 5.69 Å². The molecule has 0 radical (unpaired) electrons. The zero-order chi connectivity index (χ0) is 14.0. The Morgan fingerprint density at radius 2 is 1.71 bits per heavy atom. The second-order valence-electron chi connectivity index (χ2n) is 7.91. The average molecular weight is 287 g/mol. The van der Waals surface area contributed by atoms with Gasteiger partial charge < -0.3 is 10.1 Å². The van der Waals surface area contributed by atoms with Crippen LogP contribution in [-0.2, 0) is 0 Å². The molecule has 4 saturated carbocycles. The number of nitrogens with one attached hydrogen (secondary N) is 1. The van der Waals surface area contributed by atoms with Crippen molar-refractivity contribution in [1.82, 2.24) is 0 Å². The van der Waals surface area contributed by atoms with Crippen LogP contribution in [0.4, 0.5) is 10.1 Å². The fourth-order valence-corrected chi connectivity index (χ4v) is 6.05. The van der Waals surface area contributed by atoms with Gasteiger partial charge >= 0.3 is 0 Å². The molecule has 4 fully saturated rings. The fourth-order valence-electron chi connectivity index (χ4n) is 6.05. The van der Waals surface area contributed by atoms with Gasteiger partial charge in [0.1, 0.15) is 17.7 Å². The van der Waals surface area contributed by atoms with Gasteiger partial charge in [0.05, 0.1) is 12.2 Å². The van der Waals surface area contributed by atoms with Crippen molar-refractivity contribution in [1.29, 1.82) is 0 Å². The molecule has 1 aliphatic heterocycles. The summed E-state index contributed by atoms with van der Waals surface area (Å²) in [5.74, 6) is 3.28. The maximum atomic E-state index is 13.5. The largest absolute Gasteiger partial charge is 0.486 e. The Morgan fingerprint density at radius 1 is 1.05 bits per heavy atom. The van der Waals surface area contributed by atoms with Crippen LogP contribution >= 0.6 is 0 Å². The standard InChI is InChI=1S/C18H22FNO/c19-14-1-2-15-16(6-14)21-17(10-20-15)18-7-11-3-12(8-18)5-13(4-11)9-18/h1-2,6,11-13,17,20H,3-5,7-10H2. The molecule has 3 heteroatoms. The molecule has 0 aromatic heterocycles. The maximum Gasteiger partial charge on any atom is 0.145 e. The van der Waals surface area contributed by atoms with Crippen LogP contribution in [0.3, 0.4) is 0 Å². The van der Waals surface area contributed by atoms with Crippen LogP contribution in [0.25, 0.3) is 0 Å². The first-order valence-corrected chi connectivity index (χ1v) is 8.40. The lowest BCUT2D eigenvalue weighted by molar-refractivity contribution is -0.108. The lowest BCUT2D eigenvalue weighted by atomic mass is 9.48. The number of ether oxygens (including phenoxy) is 1. The number of hydrogen-bond donors (Lipinski definition) is 1. The topological polar surface area (TPSA) is 21.3 Å². The Hall–Kier alpha value is -1.25. The Morgan fingerprint density at radius 3 is 2.38 bits per heavy atom. The molecule has 1 aromatic rings. The van der Waals surface area contributed by atoms with Crippen LogP contribution in [0, 0.1) is 29.0 Å². The predicted molar refractivity (Wildman–Crippen MR) is 79.9 cm³/mol. The predicted octanol–water partition coefficient (Wildman–Crippen LogP) is 4.22. The highest BCUT2D eigenvalue weighted by Crippen LogP contribution is 2.62. The van der Waals surface area contributed by atoms with Gasteiger partial charge in [-0.3, -0.25) is 0 Å². The molecule has 2 nitrogen and oxygen atoms in total. The highest BCUT2D eigenvalue weighted by atomic mass is 19.1. The van der Waals surface area contributed by atoms with Crippen molar-refractivity contribution in [2.45, 2.75) is 44.6 Å². The molecule has 1 unspecified atom stereocenters. The minimum Gasteiger partial charge on any atom is -0.486 e. The first-order chi connectivity index (χ1) is 10.2. The third-order valence-electron chi connectivity index (χ3n) is 6.46. The Labute approximate surface area is 125 Å². The summed E-state index contributed by atoms with van der Waals surface area (Å²) >= 11 is 0. The fraction of sp³-hybridized carbons (Fsp3) is 0.667. The van der Waals surface area contributed by atoms with Gasteiger partial charge in [-0.2, -0.15) is 0 Å². The third-order valence-corrected chi connectivity index (χ3v) is 6.46. The molecule has 1 aromatic carbocycles. The van der Waals surface area contributed by atoms with E-state index < -0.39 is 0 Å². The van der Waals surface area contributed by atoms with Gasteiger partial charge in [0.15, 0.2) is 0 Å². The summed E-state index contributed by atoms with van der Waals surface area (Å²) in [6.45, 7) is 0.880. The molecule has 5 aliphatic rings. The summed E-state index contributed by atoms with van der Waals surface area (Å²) in [4.78, 5) is 0. The summed E-state index contributed by atoms with van der Waals surface area (Å²) < 4.78 is 19.8. The number of rotatable bonds is 1. The molecule has 1 atom stereocenters. The van der Waals surface area contributed by atoms with Crippen LogP contribution in [-0.4, -0.2) is 12.6 Å². The smallest absolute Gasteiger partial charge is 0.145 e. The molecule has 1 heterocycles. The first-order valence-electron chi connectivity index (χ1n) is 8.40. The van der Waals surface area contributed by atoms with Gasteiger partial charge in [-0.1, -0.05) is 0 Å². The molecule has 0 saturated heterocycles. The van der Waals surface area contributed by atoms with Crippen molar-refractivity contribution in [3.63, 3.8) is 0 Å². The summed E-state index contributed by atoms with van der Waals surface area (Å²) in [6.07, 6.45) is 8.56. The van der Waals surface area contributed by atoms with Crippen LogP contribution in [0.1, 0.15) is 38.5 Å². The average Bonchev–Trinajstić information content (AvgIpc) is 2.45. The van der Waals surface area contributed by atoms with E-state index in [1.54, 1.807) is 6.07 Å². The van der Waals surface area contributed by atoms with Crippen LogP contribution in [0.15, 0.2) is 18.2 Å². The van der Waals surface area contributed by atoms with E-state index >= 15 is 0 Å². The minimum absolute atomic E-state index is 0.207. The molecule has 0 spiro atoms. The van der Waals surface area contributed by atoms with Crippen molar-refractivity contribution in [3.8, 4) is 5.75 Å². The molecule has 0 amide bonds. The van der Waals surface area contributed by atoms with E-state index in [4.69, 9.17) is 4.74 Å². The second kappa shape index (κ2) is 4.15. The van der Waals surface area contributed by atoms with Crippen LogP contribution in [0.5, 0.6) is 5.75 Å². The monoisotopic (exact) mass is 287 g/mol. The Kier molecular flexibility index (Phi) is 2.43. The van der Waals surface area contributed by atoms with Gasteiger partial charge in [0, 0.05) is 11.5 Å². The molecule has 4 aliphatic carbocycles. The van der Waals surface area contributed by atoms with Crippen molar-refractivity contribution in [2.24, 2.45) is 23.2 Å². The number of halogens is 1. The van der Waals surface area contributed by atoms with E-state index in [1.165, 1.54) is 50.7 Å². The SMILES string of the molecule is Fc1ccc2c(c1)OC(C13CC4CC(CC(C4)C1)C3)CN2. The van der Waals surface area contributed by atoms with Gasteiger partial charge in [-0.25, -0.2) is 4.39 Å². The minimum atomic E-state index is -0.207. The second-order valence-corrected chi connectivity index (χ2v) is 7.91. The first kappa shape index (κ1) is 12.3. The lowest BCUT2D eigenvalue weighted by Gasteiger charge is -2.59. The molecular weight excluding hydrogens is 265 g/mol. The van der Waals surface area contributed by atoms with E-state index in [1.807, 2.05) is 0 Å². The van der Waals surface area contributed by atoms with Gasteiger partial charge in [0.25, 0.3) is 0 Å². The number of benzene rings is 1. The maximum absolute atomic E-state index is 13.5. The van der Waals surface area contributed by atoms with E-state index in [0.717, 1.165) is 30.0 Å².